The van der Waals surface area contributed by atoms with Crippen molar-refractivity contribution in [3.05, 3.63) is 0 Å². The zero-order chi connectivity index (χ0) is 8.32. The molecule has 0 aromatic rings. The van der Waals surface area contributed by atoms with Crippen molar-refractivity contribution in [2.75, 3.05) is 13.1 Å². The first-order valence-corrected chi connectivity index (χ1v) is 4.05. The molecule has 1 saturated heterocycles. The monoisotopic (exact) mass is 156 g/mol. The first-order chi connectivity index (χ1) is 5.21. The predicted octanol–water partition coefficient (Wildman–Crippen LogP) is 0.690. The van der Waals surface area contributed by atoms with Crippen molar-refractivity contribution in [3.8, 4) is 0 Å². The van der Waals surface area contributed by atoms with Crippen LogP contribution in [0.25, 0.3) is 0 Å². The SMILES string of the molecule is CC(=O)[N+]1(C=O)CCCCC1. The van der Waals surface area contributed by atoms with E-state index in [0.717, 1.165) is 25.7 Å². The Bertz CT molecular complexity index is 171. The van der Waals surface area contributed by atoms with Gasteiger partial charge in [0.05, 0.1) is 20.0 Å². The van der Waals surface area contributed by atoms with Crippen molar-refractivity contribution in [1.82, 2.24) is 0 Å². The Kier molecular flexibility index (Phi) is 2.39. The Labute approximate surface area is 66.6 Å². The third-order valence-electron chi connectivity index (χ3n) is 2.44. The minimum Gasteiger partial charge on any atom is -0.233 e. The molecule has 11 heavy (non-hydrogen) atoms. The maximum Gasteiger partial charge on any atom is 0.317 e. The maximum atomic E-state index is 11.1. The van der Waals surface area contributed by atoms with Crippen LogP contribution in [0.1, 0.15) is 26.2 Å². The van der Waals surface area contributed by atoms with Crippen LogP contribution in [0.3, 0.4) is 0 Å². The molecule has 3 heteroatoms. The molecule has 0 saturated carbocycles. The summed E-state index contributed by atoms with van der Waals surface area (Å²) in [6.45, 7) is 2.91. The van der Waals surface area contributed by atoms with E-state index in [4.69, 9.17) is 0 Å². The predicted molar refractivity (Wildman–Crippen MR) is 40.6 cm³/mol. The van der Waals surface area contributed by atoms with Crippen molar-refractivity contribution in [2.24, 2.45) is 0 Å². The van der Waals surface area contributed by atoms with Gasteiger partial charge in [-0.15, -0.1) is 0 Å². The topological polar surface area (TPSA) is 34.1 Å². The molecule has 1 aliphatic rings. The van der Waals surface area contributed by atoms with E-state index in [9.17, 15) is 9.59 Å². The largest absolute Gasteiger partial charge is 0.317 e. The van der Waals surface area contributed by atoms with Gasteiger partial charge in [0.2, 0.25) is 0 Å². The number of amides is 2. The number of piperidine rings is 1. The number of imide groups is 1. The number of likely N-dealkylation sites (tertiary alicyclic amines) is 1. The van der Waals surface area contributed by atoms with Crippen LogP contribution < -0.4 is 0 Å². The number of hydrogen-bond donors (Lipinski definition) is 0. The van der Waals surface area contributed by atoms with Gasteiger partial charge in [-0.3, -0.25) is 0 Å². The zero-order valence-corrected chi connectivity index (χ0v) is 6.88. The molecule has 1 heterocycles. The van der Waals surface area contributed by atoms with Crippen LogP contribution >= 0.6 is 0 Å². The second-order valence-corrected chi connectivity index (χ2v) is 3.17. The smallest absolute Gasteiger partial charge is 0.233 e. The van der Waals surface area contributed by atoms with Crippen molar-refractivity contribution < 1.29 is 14.1 Å². The summed E-state index contributed by atoms with van der Waals surface area (Å²) >= 11 is 0. The van der Waals surface area contributed by atoms with E-state index in [2.05, 4.69) is 0 Å². The molecule has 62 valence electrons. The van der Waals surface area contributed by atoms with Crippen LogP contribution in [0, 0.1) is 0 Å². The molecule has 2 amide bonds. The highest BCUT2D eigenvalue weighted by molar-refractivity contribution is 5.73. The molecule has 0 atom stereocenters. The van der Waals surface area contributed by atoms with Crippen LogP contribution in [0.4, 0.5) is 0 Å². The van der Waals surface area contributed by atoms with E-state index < -0.39 is 0 Å². The Hall–Kier alpha value is -0.700. The van der Waals surface area contributed by atoms with Gasteiger partial charge in [-0.2, -0.15) is 0 Å². The van der Waals surface area contributed by atoms with Crippen molar-refractivity contribution in [3.63, 3.8) is 0 Å². The molecule has 0 unspecified atom stereocenters. The van der Waals surface area contributed by atoms with E-state index in [1.165, 1.54) is 6.92 Å². The minimum atomic E-state index is -0.0142. The highest BCUT2D eigenvalue weighted by Gasteiger charge is 2.34. The number of rotatable bonds is 1. The normalized spacial score (nSPS) is 22.6. The van der Waals surface area contributed by atoms with Crippen LogP contribution in [0.2, 0.25) is 0 Å². The van der Waals surface area contributed by atoms with Gasteiger partial charge in [-0.05, 0) is 19.3 Å². The molecular weight excluding hydrogens is 142 g/mol. The highest BCUT2D eigenvalue weighted by atomic mass is 16.2. The number of hydrogen-bond acceptors (Lipinski definition) is 2. The molecule has 0 aromatic carbocycles. The second kappa shape index (κ2) is 3.13. The van der Waals surface area contributed by atoms with Gasteiger partial charge in [0.25, 0.3) is 0 Å². The number of nitrogens with zero attached hydrogens (tertiary/aromatic N) is 1. The summed E-state index contributed by atoms with van der Waals surface area (Å²) < 4.78 is 0.0556. The van der Waals surface area contributed by atoms with Crippen LogP contribution in [0.15, 0.2) is 0 Å². The van der Waals surface area contributed by atoms with Gasteiger partial charge >= 0.3 is 12.3 Å². The molecule has 0 spiro atoms. The Morgan fingerprint density at radius 2 is 1.82 bits per heavy atom. The number of carbonyl (C=O) groups is 2. The second-order valence-electron chi connectivity index (χ2n) is 3.17. The van der Waals surface area contributed by atoms with E-state index in [0.29, 0.717) is 13.1 Å². The van der Waals surface area contributed by atoms with E-state index in [1.54, 1.807) is 0 Å². The van der Waals surface area contributed by atoms with Gasteiger partial charge in [0.15, 0.2) is 0 Å². The summed E-state index contributed by atoms with van der Waals surface area (Å²) in [5, 5.41) is 0. The molecule has 1 rings (SSSR count). The summed E-state index contributed by atoms with van der Waals surface area (Å²) in [5.41, 5.74) is 0. The summed E-state index contributed by atoms with van der Waals surface area (Å²) in [7, 11) is 0. The lowest BCUT2D eigenvalue weighted by Crippen LogP contribution is -2.53. The van der Waals surface area contributed by atoms with Crippen LogP contribution in [-0.4, -0.2) is 29.9 Å². The van der Waals surface area contributed by atoms with Gasteiger partial charge in [-0.25, -0.2) is 14.1 Å². The maximum absolute atomic E-state index is 11.1. The average molecular weight is 156 g/mol. The quantitative estimate of drug-likeness (QED) is 0.413. The van der Waals surface area contributed by atoms with Gasteiger partial charge in [0, 0.05) is 0 Å². The molecule has 0 N–H and O–H groups in total. The molecule has 0 aromatic heterocycles. The Morgan fingerprint density at radius 3 is 2.09 bits per heavy atom. The van der Waals surface area contributed by atoms with E-state index in [-0.39, 0.29) is 10.4 Å². The fourth-order valence-electron chi connectivity index (χ4n) is 1.57. The minimum absolute atomic E-state index is 0.0142. The Balaban J connectivity index is 2.72. The highest BCUT2D eigenvalue weighted by Crippen LogP contribution is 2.16. The zero-order valence-electron chi connectivity index (χ0n) is 6.88. The fraction of sp³-hybridized carbons (Fsp3) is 0.750. The molecule has 1 fully saturated rings. The van der Waals surface area contributed by atoms with Crippen molar-refractivity contribution >= 4 is 12.3 Å². The van der Waals surface area contributed by atoms with E-state index >= 15 is 0 Å². The summed E-state index contributed by atoms with van der Waals surface area (Å²) in [4.78, 5) is 21.8. The summed E-state index contributed by atoms with van der Waals surface area (Å²) in [5.74, 6) is -0.0142. The molecular formula is C8H14NO2+. The lowest BCUT2D eigenvalue weighted by molar-refractivity contribution is -0.774. The van der Waals surface area contributed by atoms with Gasteiger partial charge in [0.1, 0.15) is 0 Å². The molecule has 3 nitrogen and oxygen atoms in total. The number of quaternary nitrogens is 1. The molecule has 0 radical (unpaired) electrons. The van der Waals surface area contributed by atoms with E-state index in [1.807, 2.05) is 0 Å². The summed E-state index contributed by atoms with van der Waals surface area (Å²) in [6, 6.07) is 0. The van der Waals surface area contributed by atoms with Crippen LogP contribution in [0.5, 0.6) is 0 Å². The van der Waals surface area contributed by atoms with Gasteiger partial charge < -0.3 is 0 Å². The molecule has 0 aliphatic carbocycles. The standard InChI is InChI=1S/C8H14NO2/c1-8(11)9(7-10)5-3-2-4-6-9/h7H,2-6H2,1H3/q+1. The van der Waals surface area contributed by atoms with Crippen LogP contribution in [-0.2, 0) is 9.59 Å². The number of carbonyl (C=O) groups excluding carboxylic acids is 2. The van der Waals surface area contributed by atoms with Crippen molar-refractivity contribution in [2.45, 2.75) is 26.2 Å². The van der Waals surface area contributed by atoms with Crippen molar-refractivity contribution in [1.29, 1.82) is 0 Å². The first kappa shape index (κ1) is 8.40. The third kappa shape index (κ3) is 1.48. The lowest BCUT2D eigenvalue weighted by Gasteiger charge is -2.31. The fourth-order valence-corrected chi connectivity index (χ4v) is 1.57. The average Bonchev–Trinajstić information content (AvgIpc) is 2.05. The first-order valence-electron chi connectivity index (χ1n) is 4.05. The van der Waals surface area contributed by atoms with Gasteiger partial charge in [-0.1, -0.05) is 0 Å². The third-order valence-corrected chi connectivity index (χ3v) is 2.44. The molecule has 0 bridgehead atoms. The molecule has 1 aliphatic heterocycles. The lowest BCUT2D eigenvalue weighted by atomic mass is 10.1. The Morgan fingerprint density at radius 1 is 1.27 bits per heavy atom. The summed E-state index contributed by atoms with van der Waals surface area (Å²) in [6.07, 6.45) is 3.94.